The highest BCUT2D eigenvalue weighted by Crippen LogP contribution is 2.26. The van der Waals surface area contributed by atoms with Crippen molar-refractivity contribution >= 4 is 11.6 Å². The fraction of sp³-hybridized carbons (Fsp3) is 0.588. The van der Waals surface area contributed by atoms with Crippen molar-refractivity contribution in [3.05, 3.63) is 29.8 Å². The first-order valence-corrected chi connectivity index (χ1v) is 7.79. The van der Waals surface area contributed by atoms with Crippen LogP contribution >= 0.6 is 0 Å². The molecule has 0 spiro atoms. The van der Waals surface area contributed by atoms with Crippen LogP contribution in [-0.4, -0.2) is 11.9 Å². The predicted octanol–water partition coefficient (Wildman–Crippen LogP) is 3.29. The summed E-state index contributed by atoms with van der Waals surface area (Å²) in [5.74, 6) is 0.806. The molecule has 0 aromatic heterocycles. The molecule has 1 aromatic carbocycles. The van der Waals surface area contributed by atoms with Crippen LogP contribution in [0.25, 0.3) is 0 Å². The molecule has 0 aliphatic heterocycles. The topological polar surface area (TPSA) is 55.1 Å². The van der Waals surface area contributed by atoms with E-state index in [9.17, 15) is 4.79 Å². The number of hydrogen-bond acceptors (Lipinski definition) is 2. The van der Waals surface area contributed by atoms with E-state index in [0.717, 1.165) is 17.7 Å². The van der Waals surface area contributed by atoms with Crippen molar-refractivity contribution < 1.29 is 4.79 Å². The SMILES string of the molecule is CC(NC(=O)CCc1ccccc1N)C1CCCCC1. The average molecular weight is 274 g/mol. The third-order valence-electron chi connectivity index (χ3n) is 4.42. The van der Waals surface area contributed by atoms with Crippen molar-refractivity contribution in [3.63, 3.8) is 0 Å². The molecule has 1 unspecified atom stereocenters. The molecule has 0 saturated heterocycles. The molecule has 20 heavy (non-hydrogen) atoms. The summed E-state index contributed by atoms with van der Waals surface area (Å²) in [6.07, 6.45) is 7.72. The van der Waals surface area contributed by atoms with E-state index in [1.54, 1.807) is 0 Å². The highest BCUT2D eigenvalue weighted by atomic mass is 16.1. The second kappa shape index (κ2) is 7.32. The van der Waals surface area contributed by atoms with Crippen molar-refractivity contribution in [2.24, 2.45) is 5.92 Å². The standard InChI is InChI=1S/C17H26N2O/c1-13(14-7-3-2-4-8-14)19-17(20)12-11-15-9-5-6-10-16(15)18/h5-6,9-10,13-14H,2-4,7-8,11-12,18H2,1H3,(H,19,20). The van der Waals surface area contributed by atoms with Crippen molar-refractivity contribution in [1.29, 1.82) is 0 Å². The number of nitrogen functional groups attached to an aromatic ring is 1. The van der Waals surface area contributed by atoms with Gasteiger partial charge in [-0.3, -0.25) is 4.79 Å². The largest absolute Gasteiger partial charge is 0.399 e. The lowest BCUT2D eigenvalue weighted by Crippen LogP contribution is -2.38. The van der Waals surface area contributed by atoms with Gasteiger partial charge in [0.2, 0.25) is 5.91 Å². The maximum Gasteiger partial charge on any atom is 0.220 e. The molecule has 2 rings (SSSR count). The van der Waals surface area contributed by atoms with Crippen LogP contribution in [-0.2, 0) is 11.2 Å². The van der Waals surface area contributed by atoms with Gasteiger partial charge in [0.1, 0.15) is 0 Å². The Kier molecular flexibility index (Phi) is 5.45. The number of para-hydroxylation sites is 1. The van der Waals surface area contributed by atoms with E-state index in [0.29, 0.717) is 18.4 Å². The van der Waals surface area contributed by atoms with E-state index in [1.807, 2.05) is 24.3 Å². The van der Waals surface area contributed by atoms with Gasteiger partial charge >= 0.3 is 0 Å². The minimum absolute atomic E-state index is 0.145. The van der Waals surface area contributed by atoms with Gasteiger partial charge in [-0.1, -0.05) is 37.5 Å². The summed E-state index contributed by atoms with van der Waals surface area (Å²) in [5.41, 5.74) is 7.73. The van der Waals surface area contributed by atoms with Gasteiger partial charge < -0.3 is 11.1 Å². The first kappa shape index (κ1) is 14.9. The van der Waals surface area contributed by atoms with Crippen molar-refractivity contribution in [2.75, 3.05) is 5.73 Å². The summed E-state index contributed by atoms with van der Waals surface area (Å²) >= 11 is 0. The molecular weight excluding hydrogens is 248 g/mol. The Balaban J connectivity index is 1.76. The second-order valence-corrected chi connectivity index (χ2v) is 5.95. The van der Waals surface area contributed by atoms with Crippen LogP contribution in [0.3, 0.4) is 0 Å². The van der Waals surface area contributed by atoms with Crippen LogP contribution in [0.4, 0.5) is 5.69 Å². The molecule has 3 N–H and O–H groups in total. The second-order valence-electron chi connectivity index (χ2n) is 5.95. The summed E-state index contributed by atoms with van der Waals surface area (Å²) in [4.78, 5) is 12.0. The van der Waals surface area contributed by atoms with Gasteiger partial charge in [0, 0.05) is 18.2 Å². The normalized spacial score (nSPS) is 17.6. The van der Waals surface area contributed by atoms with E-state index in [2.05, 4.69) is 12.2 Å². The Hall–Kier alpha value is -1.51. The molecule has 0 bridgehead atoms. The van der Waals surface area contributed by atoms with Gasteiger partial charge in [0.15, 0.2) is 0 Å². The molecule has 3 nitrogen and oxygen atoms in total. The number of aryl methyl sites for hydroxylation is 1. The van der Waals surface area contributed by atoms with Crippen LogP contribution < -0.4 is 11.1 Å². The Labute approximate surface area is 121 Å². The van der Waals surface area contributed by atoms with Gasteiger partial charge in [-0.2, -0.15) is 0 Å². The maximum atomic E-state index is 12.0. The highest BCUT2D eigenvalue weighted by Gasteiger charge is 2.21. The molecule has 1 fully saturated rings. The quantitative estimate of drug-likeness (QED) is 0.810. The molecule has 1 aliphatic rings. The summed E-state index contributed by atoms with van der Waals surface area (Å²) in [6, 6.07) is 8.07. The number of carbonyl (C=O) groups is 1. The molecule has 1 amide bonds. The van der Waals surface area contributed by atoms with E-state index < -0.39 is 0 Å². The summed E-state index contributed by atoms with van der Waals surface area (Å²) in [7, 11) is 0. The molecule has 1 aliphatic carbocycles. The number of rotatable bonds is 5. The lowest BCUT2D eigenvalue weighted by molar-refractivity contribution is -0.122. The maximum absolute atomic E-state index is 12.0. The molecular formula is C17H26N2O. The number of carbonyl (C=O) groups excluding carboxylic acids is 1. The van der Waals surface area contributed by atoms with Crippen molar-refractivity contribution in [3.8, 4) is 0 Å². The zero-order chi connectivity index (χ0) is 14.4. The number of hydrogen-bond donors (Lipinski definition) is 2. The number of nitrogens with one attached hydrogen (secondary N) is 1. The Morgan fingerprint density at radius 3 is 2.70 bits per heavy atom. The number of anilines is 1. The van der Waals surface area contributed by atoms with E-state index in [-0.39, 0.29) is 5.91 Å². The first-order chi connectivity index (χ1) is 9.66. The van der Waals surface area contributed by atoms with Gasteiger partial charge in [-0.05, 0) is 43.7 Å². The minimum atomic E-state index is 0.145. The summed E-state index contributed by atoms with van der Waals surface area (Å²) < 4.78 is 0. The number of amides is 1. The third-order valence-corrected chi connectivity index (χ3v) is 4.42. The summed E-state index contributed by atoms with van der Waals surface area (Å²) in [6.45, 7) is 2.14. The van der Waals surface area contributed by atoms with Crippen LogP contribution in [0, 0.1) is 5.92 Å². The van der Waals surface area contributed by atoms with Crippen LogP contribution in [0.5, 0.6) is 0 Å². The van der Waals surface area contributed by atoms with Crippen LogP contribution in [0.1, 0.15) is 51.0 Å². The third kappa shape index (κ3) is 4.26. The number of benzene rings is 1. The molecule has 0 heterocycles. The predicted molar refractivity (Wildman–Crippen MR) is 83.4 cm³/mol. The molecule has 1 saturated carbocycles. The lowest BCUT2D eigenvalue weighted by atomic mass is 9.84. The van der Waals surface area contributed by atoms with E-state index >= 15 is 0 Å². The Bertz CT molecular complexity index is 438. The smallest absolute Gasteiger partial charge is 0.220 e. The van der Waals surface area contributed by atoms with Gasteiger partial charge in [0.25, 0.3) is 0 Å². The molecule has 110 valence electrons. The van der Waals surface area contributed by atoms with Gasteiger partial charge in [-0.25, -0.2) is 0 Å². The molecule has 1 atom stereocenters. The minimum Gasteiger partial charge on any atom is -0.399 e. The first-order valence-electron chi connectivity index (χ1n) is 7.79. The molecule has 3 heteroatoms. The zero-order valence-corrected chi connectivity index (χ0v) is 12.4. The van der Waals surface area contributed by atoms with E-state index in [4.69, 9.17) is 5.73 Å². The van der Waals surface area contributed by atoms with Gasteiger partial charge in [0.05, 0.1) is 0 Å². The zero-order valence-electron chi connectivity index (χ0n) is 12.4. The lowest BCUT2D eigenvalue weighted by Gasteiger charge is -2.28. The van der Waals surface area contributed by atoms with Crippen molar-refractivity contribution in [2.45, 2.75) is 57.9 Å². The Morgan fingerprint density at radius 1 is 1.30 bits per heavy atom. The fourth-order valence-corrected chi connectivity index (χ4v) is 3.09. The Morgan fingerprint density at radius 2 is 2.00 bits per heavy atom. The van der Waals surface area contributed by atoms with Gasteiger partial charge in [-0.15, -0.1) is 0 Å². The van der Waals surface area contributed by atoms with Crippen LogP contribution in [0.15, 0.2) is 24.3 Å². The number of nitrogens with two attached hydrogens (primary N) is 1. The van der Waals surface area contributed by atoms with E-state index in [1.165, 1.54) is 32.1 Å². The fourth-order valence-electron chi connectivity index (χ4n) is 3.09. The van der Waals surface area contributed by atoms with Crippen LogP contribution in [0.2, 0.25) is 0 Å². The average Bonchev–Trinajstić information content (AvgIpc) is 2.47. The highest BCUT2D eigenvalue weighted by molar-refractivity contribution is 5.76. The molecule has 1 aromatic rings. The van der Waals surface area contributed by atoms with Crippen molar-refractivity contribution in [1.82, 2.24) is 5.32 Å². The summed E-state index contributed by atoms with van der Waals surface area (Å²) in [5, 5.41) is 3.16. The molecule has 0 radical (unpaired) electrons. The monoisotopic (exact) mass is 274 g/mol.